The molecule has 0 radical (unpaired) electrons. The molecule has 0 saturated carbocycles. The molecule has 1 aliphatic rings. The molecule has 1 amide bonds. The molecule has 1 aromatic rings. The number of ether oxygens (including phenoxy) is 1. The summed E-state index contributed by atoms with van der Waals surface area (Å²) in [6, 6.07) is 2.43. The van der Waals surface area contributed by atoms with Gasteiger partial charge in [0.25, 0.3) is 0 Å². The molecule has 2 unspecified atom stereocenters. The fraction of sp³-hybridized carbons (Fsp3) is 0.500. The summed E-state index contributed by atoms with van der Waals surface area (Å²) in [6.45, 7) is 9.41. The van der Waals surface area contributed by atoms with E-state index in [1.165, 1.54) is 24.9 Å². The molecule has 2 rings (SSSR count). The maximum atomic E-state index is 13.0. The number of hydrogen-bond donors (Lipinski definition) is 1. The number of carbonyl (C=O) groups is 1. The van der Waals surface area contributed by atoms with Crippen LogP contribution in [0.4, 0.5) is 0 Å². The van der Waals surface area contributed by atoms with Crippen LogP contribution in [0.3, 0.4) is 0 Å². The van der Waals surface area contributed by atoms with Gasteiger partial charge in [0.1, 0.15) is 34.4 Å². The quantitative estimate of drug-likeness (QED) is 0.270. The zero-order valence-electron chi connectivity index (χ0n) is 17.2. The van der Waals surface area contributed by atoms with Crippen molar-refractivity contribution in [2.45, 2.75) is 45.2 Å². The van der Waals surface area contributed by atoms with Crippen molar-refractivity contribution in [1.82, 2.24) is 5.32 Å². The summed E-state index contributed by atoms with van der Waals surface area (Å²) >= 11 is 1.45. The Balaban J connectivity index is 2.19. The summed E-state index contributed by atoms with van der Waals surface area (Å²) < 4.78 is 10.5. The summed E-state index contributed by atoms with van der Waals surface area (Å²) in [7, 11) is 1.47. The Labute approximate surface area is 174 Å². The van der Waals surface area contributed by atoms with Gasteiger partial charge in [-0.15, -0.1) is 11.8 Å². The molecule has 1 N–H and O–H groups in total. The van der Waals surface area contributed by atoms with Gasteiger partial charge in [0, 0.05) is 11.8 Å². The monoisotopic (exact) mass is 421 g/mol. The second-order valence-electron chi connectivity index (χ2n) is 6.77. The van der Waals surface area contributed by atoms with E-state index >= 15 is 0 Å². The van der Waals surface area contributed by atoms with Gasteiger partial charge in [-0.1, -0.05) is 31.2 Å². The first-order chi connectivity index (χ1) is 13.8. The molecule has 158 valence electrons. The van der Waals surface area contributed by atoms with Crippen LogP contribution in [0, 0.1) is 0 Å². The van der Waals surface area contributed by atoms with E-state index in [2.05, 4.69) is 22.0 Å². The van der Waals surface area contributed by atoms with Gasteiger partial charge in [0.2, 0.25) is 5.91 Å². The second-order valence-corrected chi connectivity index (χ2v) is 7.74. The minimum atomic E-state index is -0.958. The number of carbonyl (C=O) groups excluding carboxylic acids is 1. The number of amides is 1. The SMILES string of the molecule is C=CCO/N=C(\C)C1=NC(C)(C(=O)NC(CCC)c2cc(OC)cc(=O)o2)CS1. The van der Waals surface area contributed by atoms with Crippen molar-refractivity contribution >= 4 is 28.4 Å². The Bertz CT molecular complexity index is 864. The lowest BCUT2D eigenvalue weighted by Gasteiger charge is -2.24. The van der Waals surface area contributed by atoms with Crippen molar-refractivity contribution < 1.29 is 18.8 Å². The third-order valence-electron chi connectivity index (χ3n) is 4.26. The smallest absolute Gasteiger partial charge is 0.339 e. The van der Waals surface area contributed by atoms with E-state index in [1.54, 1.807) is 26.0 Å². The highest BCUT2D eigenvalue weighted by Crippen LogP contribution is 2.30. The van der Waals surface area contributed by atoms with Crippen molar-refractivity contribution in [3.05, 3.63) is 41.0 Å². The van der Waals surface area contributed by atoms with Crippen LogP contribution in [0.2, 0.25) is 0 Å². The fourth-order valence-corrected chi connectivity index (χ4v) is 3.80. The topological polar surface area (TPSA) is 102 Å². The number of hydrogen-bond acceptors (Lipinski definition) is 8. The zero-order valence-corrected chi connectivity index (χ0v) is 18.0. The highest BCUT2D eigenvalue weighted by molar-refractivity contribution is 8.16. The first-order valence-electron chi connectivity index (χ1n) is 9.33. The van der Waals surface area contributed by atoms with E-state index in [1.807, 2.05) is 6.92 Å². The van der Waals surface area contributed by atoms with E-state index in [-0.39, 0.29) is 5.91 Å². The first kappa shape index (κ1) is 22.7. The van der Waals surface area contributed by atoms with Gasteiger partial charge in [-0.2, -0.15) is 0 Å². The number of nitrogens with one attached hydrogen (secondary N) is 1. The molecule has 0 aliphatic carbocycles. The predicted molar refractivity (Wildman–Crippen MR) is 115 cm³/mol. The lowest BCUT2D eigenvalue weighted by Crippen LogP contribution is -2.45. The summed E-state index contributed by atoms with van der Waals surface area (Å²) in [5.41, 5.74) is -0.873. The molecule has 29 heavy (non-hydrogen) atoms. The second kappa shape index (κ2) is 10.3. The minimum Gasteiger partial charge on any atom is -0.496 e. The van der Waals surface area contributed by atoms with Crippen LogP contribution in [-0.2, 0) is 9.63 Å². The van der Waals surface area contributed by atoms with Gasteiger partial charge in [0.15, 0.2) is 0 Å². The lowest BCUT2D eigenvalue weighted by molar-refractivity contribution is -0.125. The molecule has 0 fully saturated rings. The number of rotatable bonds is 10. The number of oxime groups is 1. The molecule has 2 atom stereocenters. The van der Waals surface area contributed by atoms with Crippen LogP contribution in [0.5, 0.6) is 5.75 Å². The van der Waals surface area contributed by atoms with E-state index in [0.29, 0.717) is 41.0 Å². The normalized spacial score (nSPS) is 20.0. The Morgan fingerprint density at radius 1 is 1.55 bits per heavy atom. The van der Waals surface area contributed by atoms with Crippen LogP contribution in [-0.4, -0.2) is 41.7 Å². The average Bonchev–Trinajstić information content (AvgIpc) is 3.11. The van der Waals surface area contributed by atoms with E-state index in [4.69, 9.17) is 14.0 Å². The van der Waals surface area contributed by atoms with Gasteiger partial charge in [-0.3, -0.25) is 9.79 Å². The van der Waals surface area contributed by atoms with Crippen LogP contribution in [0.15, 0.2) is 44.1 Å². The molecular formula is C20H27N3O5S. The van der Waals surface area contributed by atoms with Gasteiger partial charge in [-0.25, -0.2) is 4.79 Å². The predicted octanol–water partition coefficient (Wildman–Crippen LogP) is 3.09. The minimum absolute atomic E-state index is 0.247. The van der Waals surface area contributed by atoms with E-state index in [0.717, 1.165) is 6.42 Å². The van der Waals surface area contributed by atoms with Crippen molar-refractivity contribution in [1.29, 1.82) is 0 Å². The summed E-state index contributed by atoms with van der Waals surface area (Å²) in [5, 5.41) is 7.62. The number of nitrogens with zero attached hydrogens (tertiary/aromatic N) is 2. The van der Waals surface area contributed by atoms with Crippen molar-refractivity contribution in [3.8, 4) is 5.75 Å². The molecule has 0 bridgehead atoms. The maximum Gasteiger partial charge on any atom is 0.339 e. The number of thioether (sulfide) groups is 1. The summed E-state index contributed by atoms with van der Waals surface area (Å²) in [5.74, 6) is 0.979. The molecule has 1 aliphatic heterocycles. The summed E-state index contributed by atoms with van der Waals surface area (Å²) in [6.07, 6.45) is 3.00. The molecule has 2 heterocycles. The first-order valence-corrected chi connectivity index (χ1v) is 10.3. The van der Waals surface area contributed by atoms with E-state index < -0.39 is 17.2 Å². The lowest BCUT2D eigenvalue weighted by atomic mass is 10.0. The van der Waals surface area contributed by atoms with Gasteiger partial charge in [-0.05, 0) is 20.3 Å². The molecule has 1 aromatic heterocycles. The molecular weight excluding hydrogens is 394 g/mol. The Hall–Kier alpha value is -2.55. The van der Waals surface area contributed by atoms with Crippen LogP contribution in [0.1, 0.15) is 45.4 Å². The standard InChI is InChI=1S/C20H27N3O5S/c1-6-8-15(16-10-14(26-5)11-17(24)28-16)21-19(25)20(4)12-29-18(22-20)13(3)23-27-9-7-2/h7,10-11,15H,2,6,8-9,12H2,1,3-5H3,(H,21,25)/b23-13+. The van der Waals surface area contributed by atoms with Crippen molar-refractivity contribution in [2.24, 2.45) is 10.1 Å². The van der Waals surface area contributed by atoms with Crippen molar-refractivity contribution in [2.75, 3.05) is 19.5 Å². The number of methoxy groups -OCH3 is 1. The molecule has 0 aromatic carbocycles. The average molecular weight is 422 g/mol. The molecule has 9 heteroatoms. The molecule has 8 nitrogen and oxygen atoms in total. The fourth-order valence-electron chi connectivity index (χ4n) is 2.68. The largest absolute Gasteiger partial charge is 0.496 e. The van der Waals surface area contributed by atoms with Crippen LogP contribution >= 0.6 is 11.8 Å². The molecule has 0 saturated heterocycles. The third-order valence-corrected chi connectivity index (χ3v) is 5.62. The highest BCUT2D eigenvalue weighted by atomic mass is 32.2. The van der Waals surface area contributed by atoms with E-state index in [9.17, 15) is 9.59 Å². The molecule has 0 spiro atoms. The van der Waals surface area contributed by atoms with Crippen molar-refractivity contribution in [3.63, 3.8) is 0 Å². The Kier molecular flexibility index (Phi) is 8.07. The van der Waals surface area contributed by atoms with Gasteiger partial charge in [0.05, 0.1) is 19.2 Å². The number of aliphatic imine (C=N–C) groups is 1. The maximum absolute atomic E-state index is 13.0. The van der Waals surface area contributed by atoms with Crippen LogP contribution < -0.4 is 15.7 Å². The third kappa shape index (κ3) is 5.96. The van der Waals surface area contributed by atoms with Gasteiger partial charge >= 0.3 is 5.63 Å². The Morgan fingerprint density at radius 2 is 2.31 bits per heavy atom. The Morgan fingerprint density at radius 3 is 2.97 bits per heavy atom. The van der Waals surface area contributed by atoms with Gasteiger partial charge < -0.3 is 19.3 Å². The summed E-state index contributed by atoms with van der Waals surface area (Å²) in [4.78, 5) is 34.5. The van der Waals surface area contributed by atoms with Crippen LogP contribution in [0.25, 0.3) is 0 Å². The zero-order chi connectivity index (χ0) is 21.4. The highest BCUT2D eigenvalue weighted by Gasteiger charge is 2.40.